The van der Waals surface area contributed by atoms with Gasteiger partial charge in [-0.25, -0.2) is 0 Å². The van der Waals surface area contributed by atoms with E-state index in [1.54, 1.807) is 0 Å². The third-order valence-electron chi connectivity index (χ3n) is 3.69. The lowest BCUT2D eigenvalue weighted by atomic mass is 9.89. The normalized spacial score (nSPS) is 21.6. The van der Waals surface area contributed by atoms with Gasteiger partial charge in [-0.2, -0.15) is 5.10 Å². The van der Waals surface area contributed by atoms with E-state index in [0.717, 1.165) is 30.6 Å². The molecule has 1 fully saturated rings. The zero-order chi connectivity index (χ0) is 12.3. The van der Waals surface area contributed by atoms with Crippen molar-refractivity contribution in [3.05, 3.63) is 17.4 Å². The minimum atomic E-state index is 0.479. The lowest BCUT2D eigenvalue weighted by molar-refractivity contribution is 0.351. The lowest BCUT2D eigenvalue weighted by Gasteiger charge is -2.23. The summed E-state index contributed by atoms with van der Waals surface area (Å²) in [4.78, 5) is 2.38. The van der Waals surface area contributed by atoms with E-state index in [9.17, 15) is 0 Å². The van der Waals surface area contributed by atoms with Gasteiger partial charge in [-0.1, -0.05) is 25.4 Å². The highest BCUT2D eigenvalue weighted by Crippen LogP contribution is 2.27. The zero-order valence-corrected chi connectivity index (χ0v) is 11.3. The molecule has 17 heavy (non-hydrogen) atoms. The molecule has 0 radical (unpaired) electrons. The zero-order valence-electron chi connectivity index (χ0n) is 10.6. The smallest absolute Gasteiger partial charge is 0.153 e. The van der Waals surface area contributed by atoms with Crippen LogP contribution in [0.15, 0.2) is 12.3 Å². The molecule has 0 aliphatic carbocycles. The molecule has 1 atom stereocenters. The van der Waals surface area contributed by atoms with E-state index in [4.69, 9.17) is 11.6 Å². The second kappa shape index (κ2) is 5.67. The molecule has 4 heteroatoms. The summed E-state index contributed by atoms with van der Waals surface area (Å²) in [5, 5.41) is 8.19. The van der Waals surface area contributed by atoms with Gasteiger partial charge in [0.15, 0.2) is 5.15 Å². The molecule has 0 amide bonds. The first kappa shape index (κ1) is 12.6. The molecule has 2 rings (SSSR count). The number of anilines is 1. The van der Waals surface area contributed by atoms with Gasteiger partial charge in [-0.3, -0.25) is 0 Å². The second-order valence-corrected chi connectivity index (χ2v) is 5.55. The van der Waals surface area contributed by atoms with Crippen molar-refractivity contribution >= 4 is 17.3 Å². The summed E-state index contributed by atoms with van der Waals surface area (Å²) in [5.74, 6) is 1.64. The van der Waals surface area contributed by atoms with Gasteiger partial charge in [-0.05, 0) is 31.1 Å². The third-order valence-corrected chi connectivity index (χ3v) is 3.88. The number of halogens is 1. The Balaban J connectivity index is 2.04. The largest absolute Gasteiger partial charge is 0.370 e. The summed E-state index contributed by atoms with van der Waals surface area (Å²) < 4.78 is 0. The van der Waals surface area contributed by atoms with Crippen molar-refractivity contribution in [3.63, 3.8) is 0 Å². The van der Waals surface area contributed by atoms with Gasteiger partial charge in [0.05, 0.1) is 11.9 Å². The Morgan fingerprint density at radius 2 is 2.18 bits per heavy atom. The number of hydrogen-bond donors (Lipinski definition) is 0. The molecule has 1 aliphatic heterocycles. The summed E-state index contributed by atoms with van der Waals surface area (Å²) >= 11 is 5.88. The van der Waals surface area contributed by atoms with Crippen LogP contribution >= 0.6 is 11.6 Å². The fourth-order valence-electron chi connectivity index (χ4n) is 2.55. The molecular formula is C13H20ClN3. The Labute approximate surface area is 108 Å². The van der Waals surface area contributed by atoms with E-state index >= 15 is 0 Å². The Kier molecular flexibility index (Phi) is 4.21. The molecule has 1 saturated heterocycles. The molecule has 1 aromatic heterocycles. The minimum Gasteiger partial charge on any atom is -0.370 e. The van der Waals surface area contributed by atoms with Gasteiger partial charge in [0.2, 0.25) is 0 Å². The molecule has 1 aromatic rings. The van der Waals surface area contributed by atoms with Crippen molar-refractivity contribution < 1.29 is 0 Å². The molecule has 0 saturated carbocycles. The summed E-state index contributed by atoms with van der Waals surface area (Å²) in [5.41, 5.74) is 1.11. The van der Waals surface area contributed by atoms with Crippen molar-refractivity contribution in [2.45, 2.75) is 33.1 Å². The first-order valence-electron chi connectivity index (χ1n) is 6.40. The molecule has 0 aromatic carbocycles. The molecule has 94 valence electrons. The first-order valence-corrected chi connectivity index (χ1v) is 6.78. The Morgan fingerprint density at radius 1 is 1.35 bits per heavy atom. The Morgan fingerprint density at radius 3 is 2.88 bits per heavy atom. The highest BCUT2D eigenvalue weighted by atomic mass is 35.5. The predicted molar refractivity (Wildman–Crippen MR) is 71.4 cm³/mol. The van der Waals surface area contributed by atoms with Crippen LogP contribution in [0.1, 0.15) is 33.1 Å². The van der Waals surface area contributed by atoms with Gasteiger partial charge >= 0.3 is 0 Å². The van der Waals surface area contributed by atoms with Crippen molar-refractivity contribution in [2.75, 3.05) is 18.0 Å². The van der Waals surface area contributed by atoms with Crippen LogP contribution in [0.3, 0.4) is 0 Å². The van der Waals surface area contributed by atoms with Crippen LogP contribution in [0.25, 0.3) is 0 Å². The molecule has 1 aliphatic rings. The SMILES string of the molecule is CC(C)C1CCCN(c2cnnc(Cl)c2)CC1. The Bertz CT molecular complexity index is 367. The standard InChI is InChI=1S/C13H20ClN3/c1-10(2)11-4-3-6-17(7-5-11)12-8-13(14)16-15-9-12/h8-11H,3-7H2,1-2H3. The maximum absolute atomic E-state index is 5.88. The molecule has 0 spiro atoms. The second-order valence-electron chi connectivity index (χ2n) is 5.16. The number of hydrogen-bond acceptors (Lipinski definition) is 3. The fourth-order valence-corrected chi connectivity index (χ4v) is 2.71. The molecule has 3 nitrogen and oxygen atoms in total. The highest BCUT2D eigenvalue weighted by Gasteiger charge is 2.19. The maximum atomic E-state index is 5.88. The minimum absolute atomic E-state index is 0.479. The summed E-state index contributed by atoms with van der Waals surface area (Å²) in [6.45, 7) is 6.85. The van der Waals surface area contributed by atoms with Crippen LogP contribution in [0.2, 0.25) is 5.15 Å². The number of nitrogens with zero attached hydrogens (tertiary/aromatic N) is 3. The predicted octanol–water partition coefficient (Wildman–Crippen LogP) is 3.39. The molecule has 0 bridgehead atoms. The molecule has 2 heterocycles. The average molecular weight is 254 g/mol. The number of rotatable bonds is 2. The quantitative estimate of drug-likeness (QED) is 0.809. The van der Waals surface area contributed by atoms with Gasteiger partial charge in [0, 0.05) is 19.2 Å². The third kappa shape index (κ3) is 3.32. The summed E-state index contributed by atoms with van der Waals surface area (Å²) in [6.07, 6.45) is 5.66. The van der Waals surface area contributed by atoms with E-state index in [1.165, 1.54) is 19.3 Å². The van der Waals surface area contributed by atoms with Gasteiger partial charge in [-0.15, -0.1) is 5.10 Å². The van der Waals surface area contributed by atoms with Crippen molar-refractivity contribution in [2.24, 2.45) is 11.8 Å². The van der Waals surface area contributed by atoms with E-state index in [2.05, 4.69) is 28.9 Å². The molecule has 1 unspecified atom stereocenters. The first-order chi connectivity index (χ1) is 8.16. The molecular weight excluding hydrogens is 234 g/mol. The van der Waals surface area contributed by atoms with E-state index in [0.29, 0.717) is 5.15 Å². The van der Waals surface area contributed by atoms with Crippen LogP contribution in [-0.2, 0) is 0 Å². The Hall–Kier alpha value is -0.830. The lowest BCUT2D eigenvalue weighted by Crippen LogP contribution is -2.24. The van der Waals surface area contributed by atoms with E-state index in [1.807, 2.05) is 12.3 Å². The summed E-state index contributed by atoms with van der Waals surface area (Å²) in [6, 6.07) is 1.91. The van der Waals surface area contributed by atoms with Crippen molar-refractivity contribution in [1.29, 1.82) is 0 Å². The van der Waals surface area contributed by atoms with Crippen LogP contribution < -0.4 is 4.90 Å². The molecule has 0 N–H and O–H groups in total. The van der Waals surface area contributed by atoms with Crippen LogP contribution in [0.5, 0.6) is 0 Å². The van der Waals surface area contributed by atoms with Crippen molar-refractivity contribution in [1.82, 2.24) is 10.2 Å². The number of aromatic nitrogens is 2. The van der Waals surface area contributed by atoms with E-state index < -0.39 is 0 Å². The van der Waals surface area contributed by atoms with Gasteiger partial charge in [0.25, 0.3) is 0 Å². The highest BCUT2D eigenvalue weighted by molar-refractivity contribution is 6.29. The van der Waals surface area contributed by atoms with Gasteiger partial charge in [0.1, 0.15) is 0 Å². The maximum Gasteiger partial charge on any atom is 0.153 e. The van der Waals surface area contributed by atoms with E-state index in [-0.39, 0.29) is 0 Å². The van der Waals surface area contributed by atoms with Crippen LogP contribution in [0, 0.1) is 11.8 Å². The fraction of sp³-hybridized carbons (Fsp3) is 0.692. The van der Waals surface area contributed by atoms with Gasteiger partial charge < -0.3 is 4.90 Å². The summed E-state index contributed by atoms with van der Waals surface area (Å²) in [7, 11) is 0. The van der Waals surface area contributed by atoms with Crippen LogP contribution in [-0.4, -0.2) is 23.3 Å². The van der Waals surface area contributed by atoms with Crippen LogP contribution in [0.4, 0.5) is 5.69 Å². The monoisotopic (exact) mass is 253 g/mol. The topological polar surface area (TPSA) is 29.0 Å². The van der Waals surface area contributed by atoms with Crippen molar-refractivity contribution in [3.8, 4) is 0 Å². The average Bonchev–Trinajstić information content (AvgIpc) is 2.54.